The van der Waals surface area contributed by atoms with Crippen LogP contribution in [-0.4, -0.2) is 58.4 Å². The molecule has 0 unspecified atom stereocenters. The average Bonchev–Trinajstić information content (AvgIpc) is 3.02. The summed E-state index contributed by atoms with van der Waals surface area (Å²) < 4.78 is 0. The Morgan fingerprint density at radius 2 is 1.74 bits per heavy atom. The number of carboxylic acids is 1. The van der Waals surface area contributed by atoms with Crippen LogP contribution in [0, 0.1) is 5.41 Å². The highest BCUT2D eigenvalue weighted by Crippen LogP contribution is 2.38. The van der Waals surface area contributed by atoms with Gasteiger partial charge in [0.15, 0.2) is 5.69 Å². The molecule has 1 heterocycles. The first kappa shape index (κ1) is 16.9. The fraction of sp³-hybridized carbons (Fsp3) is 0.533. The fourth-order valence-corrected chi connectivity index (χ4v) is 2.89. The molecule has 0 aromatic carbocycles. The third kappa shape index (κ3) is 3.64. The summed E-state index contributed by atoms with van der Waals surface area (Å²) in [6.45, 7) is 0.241. The predicted octanol–water partition coefficient (Wildman–Crippen LogP) is 0.553. The molecule has 1 fully saturated rings. The zero-order valence-electron chi connectivity index (χ0n) is 13.2. The standard InChI is InChI=1S/C15H20N4O4/c1-19(2)14(23)15(5-3-4-6-15)9-18-12(20)10-7-17-11(8-16-10)13(21)22/h7-8H,3-6,9H2,1-2H3,(H,18,20)(H,21,22). The number of hydrogen-bond donors (Lipinski definition) is 2. The zero-order chi connectivity index (χ0) is 17.0. The number of rotatable bonds is 5. The summed E-state index contributed by atoms with van der Waals surface area (Å²) in [6, 6.07) is 0. The highest BCUT2D eigenvalue weighted by molar-refractivity contribution is 5.93. The molecule has 2 rings (SSSR count). The van der Waals surface area contributed by atoms with Gasteiger partial charge in [-0.2, -0.15) is 0 Å². The minimum atomic E-state index is -1.20. The summed E-state index contributed by atoms with van der Waals surface area (Å²) in [7, 11) is 3.42. The van der Waals surface area contributed by atoms with Crippen LogP contribution in [0.4, 0.5) is 0 Å². The van der Waals surface area contributed by atoms with E-state index in [4.69, 9.17) is 5.11 Å². The molecule has 1 aromatic rings. The van der Waals surface area contributed by atoms with E-state index in [1.807, 2.05) is 0 Å². The maximum Gasteiger partial charge on any atom is 0.356 e. The van der Waals surface area contributed by atoms with E-state index >= 15 is 0 Å². The molecule has 1 aromatic heterocycles. The minimum absolute atomic E-state index is 0.0163. The number of carboxylic acid groups (broad SMARTS) is 1. The monoisotopic (exact) mass is 320 g/mol. The SMILES string of the molecule is CN(C)C(=O)C1(CNC(=O)c2cnc(C(=O)O)cn2)CCCC1. The largest absolute Gasteiger partial charge is 0.476 e. The molecule has 23 heavy (non-hydrogen) atoms. The van der Waals surface area contributed by atoms with Crippen LogP contribution in [-0.2, 0) is 4.79 Å². The van der Waals surface area contributed by atoms with Gasteiger partial charge in [0.2, 0.25) is 5.91 Å². The molecule has 124 valence electrons. The van der Waals surface area contributed by atoms with Crippen molar-refractivity contribution in [2.45, 2.75) is 25.7 Å². The van der Waals surface area contributed by atoms with E-state index in [0.29, 0.717) is 0 Å². The first-order chi connectivity index (χ1) is 10.9. The van der Waals surface area contributed by atoms with Crippen molar-refractivity contribution in [2.75, 3.05) is 20.6 Å². The molecule has 2 N–H and O–H groups in total. The number of carbonyl (C=O) groups is 3. The van der Waals surface area contributed by atoms with Crippen LogP contribution < -0.4 is 5.32 Å². The second kappa shape index (κ2) is 6.72. The zero-order valence-corrected chi connectivity index (χ0v) is 13.2. The third-order valence-electron chi connectivity index (χ3n) is 4.11. The Morgan fingerprint density at radius 1 is 1.17 bits per heavy atom. The lowest BCUT2D eigenvalue weighted by atomic mass is 9.84. The van der Waals surface area contributed by atoms with Crippen molar-refractivity contribution in [1.82, 2.24) is 20.2 Å². The first-order valence-corrected chi connectivity index (χ1v) is 7.41. The minimum Gasteiger partial charge on any atom is -0.476 e. The molecule has 0 bridgehead atoms. The van der Waals surface area contributed by atoms with Gasteiger partial charge in [-0.15, -0.1) is 0 Å². The summed E-state index contributed by atoms with van der Waals surface area (Å²) in [5.74, 6) is -1.65. The summed E-state index contributed by atoms with van der Waals surface area (Å²) in [6.07, 6.45) is 5.56. The van der Waals surface area contributed by atoms with Crippen molar-refractivity contribution >= 4 is 17.8 Å². The topological polar surface area (TPSA) is 112 Å². The molecule has 0 saturated heterocycles. The molecule has 2 amide bonds. The lowest BCUT2D eigenvalue weighted by Crippen LogP contribution is -2.46. The van der Waals surface area contributed by atoms with E-state index in [1.165, 1.54) is 0 Å². The van der Waals surface area contributed by atoms with Crippen LogP contribution in [0.5, 0.6) is 0 Å². The molecule has 0 spiro atoms. The molecule has 1 aliphatic rings. The van der Waals surface area contributed by atoms with E-state index in [-0.39, 0.29) is 23.8 Å². The quantitative estimate of drug-likeness (QED) is 0.819. The Hall–Kier alpha value is -2.51. The third-order valence-corrected chi connectivity index (χ3v) is 4.11. The number of aromatic nitrogens is 2. The highest BCUT2D eigenvalue weighted by atomic mass is 16.4. The van der Waals surface area contributed by atoms with E-state index in [0.717, 1.165) is 38.1 Å². The molecule has 0 atom stereocenters. The number of nitrogens with one attached hydrogen (secondary N) is 1. The van der Waals surface area contributed by atoms with Gasteiger partial charge in [0, 0.05) is 20.6 Å². The number of amides is 2. The summed E-state index contributed by atoms with van der Waals surface area (Å²) in [5.41, 5.74) is -0.759. The van der Waals surface area contributed by atoms with Crippen LogP contribution in [0.1, 0.15) is 46.7 Å². The molecular weight excluding hydrogens is 300 g/mol. The molecule has 8 nitrogen and oxygen atoms in total. The maximum atomic E-state index is 12.4. The second-order valence-electron chi connectivity index (χ2n) is 5.96. The van der Waals surface area contributed by atoms with E-state index < -0.39 is 17.3 Å². The van der Waals surface area contributed by atoms with Crippen LogP contribution >= 0.6 is 0 Å². The second-order valence-corrected chi connectivity index (χ2v) is 5.96. The van der Waals surface area contributed by atoms with Gasteiger partial charge in [-0.3, -0.25) is 9.59 Å². The normalized spacial score (nSPS) is 15.9. The Labute approximate surface area is 133 Å². The Kier molecular flexibility index (Phi) is 4.92. The van der Waals surface area contributed by atoms with Gasteiger partial charge in [0.25, 0.3) is 5.91 Å². The van der Waals surface area contributed by atoms with Crippen molar-refractivity contribution in [3.8, 4) is 0 Å². The summed E-state index contributed by atoms with van der Waals surface area (Å²) in [4.78, 5) is 44.3. The fourth-order valence-electron chi connectivity index (χ4n) is 2.89. The first-order valence-electron chi connectivity index (χ1n) is 7.41. The molecule has 0 aliphatic heterocycles. The van der Waals surface area contributed by atoms with Gasteiger partial charge < -0.3 is 15.3 Å². The van der Waals surface area contributed by atoms with Gasteiger partial charge in [-0.05, 0) is 12.8 Å². The Bertz CT molecular complexity index is 606. The lowest BCUT2D eigenvalue weighted by molar-refractivity contribution is -0.138. The van der Waals surface area contributed by atoms with Crippen LogP contribution in [0.25, 0.3) is 0 Å². The van der Waals surface area contributed by atoms with Crippen molar-refractivity contribution in [3.63, 3.8) is 0 Å². The van der Waals surface area contributed by atoms with Crippen molar-refractivity contribution in [2.24, 2.45) is 5.41 Å². The van der Waals surface area contributed by atoms with Gasteiger partial charge in [-0.25, -0.2) is 14.8 Å². The molecule has 8 heteroatoms. The average molecular weight is 320 g/mol. The van der Waals surface area contributed by atoms with Crippen LogP contribution in [0.15, 0.2) is 12.4 Å². The number of aromatic carboxylic acids is 1. The van der Waals surface area contributed by atoms with E-state index in [2.05, 4.69) is 15.3 Å². The maximum absolute atomic E-state index is 12.4. The van der Waals surface area contributed by atoms with Crippen molar-refractivity contribution < 1.29 is 19.5 Å². The summed E-state index contributed by atoms with van der Waals surface area (Å²) >= 11 is 0. The smallest absolute Gasteiger partial charge is 0.356 e. The van der Waals surface area contributed by atoms with Crippen LogP contribution in [0.3, 0.4) is 0 Å². The Balaban J connectivity index is 2.04. The van der Waals surface area contributed by atoms with Gasteiger partial charge in [0.05, 0.1) is 17.8 Å². The lowest BCUT2D eigenvalue weighted by Gasteiger charge is -2.30. The van der Waals surface area contributed by atoms with Crippen molar-refractivity contribution in [1.29, 1.82) is 0 Å². The number of nitrogens with zero attached hydrogens (tertiary/aromatic N) is 3. The van der Waals surface area contributed by atoms with Gasteiger partial charge in [0.1, 0.15) is 5.69 Å². The number of hydrogen-bond acceptors (Lipinski definition) is 5. The molecule has 1 aliphatic carbocycles. The van der Waals surface area contributed by atoms with Gasteiger partial charge >= 0.3 is 5.97 Å². The molecule has 1 saturated carbocycles. The molecular formula is C15H20N4O4. The van der Waals surface area contributed by atoms with Crippen molar-refractivity contribution in [3.05, 3.63) is 23.8 Å². The highest BCUT2D eigenvalue weighted by Gasteiger charge is 2.42. The van der Waals surface area contributed by atoms with Crippen LogP contribution in [0.2, 0.25) is 0 Å². The predicted molar refractivity (Wildman–Crippen MR) is 80.9 cm³/mol. The van der Waals surface area contributed by atoms with E-state index in [1.54, 1.807) is 19.0 Å². The molecule has 0 radical (unpaired) electrons. The number of carbonyl (C=O) groups excluding carboxylic acids is 2. The summed E-state index contributed by atoms with van der Waals surface area (Å²) in [5, 5.41) is 11.5. The van der Waals surface area contributed by atoms with Gasteiger partial charge in [-0.1, -0.05) is 12.8 Å². The Morgan fingerprint density at radius 3 is 2.22 bits per heavy atom. The van der Waals surface area contributed by atoms with E-state index in [9.17, 15) is 14.4 Å².